The van der Waals surface area contributed by atoms with Gasteiger partial charge in [0.2, 0.25) is 11.8 Å². The number of hydrogen-bond donors (Lipinski definition) is 2. The Morgan fingerprint density at radius 3 is 2.54 bits per heavy atom. The van der Waals surface area contributed by atoms with E-state index >= 15 is 0 Å². The summed E-state index contributed by atoms with van der Waals surface area (Å²) in [5, 5.41) is 12.9. The first kappa shape index (κ1) is 18.7. The number of carboxylic acids is 1. The molecule has 0 aliphatic carbocycles. The lowest BCUT2D eigenvalue weighted by Crippen LogP contribution is -2.48. The van der Waals surface area contributed by atoms with Gasteiger partial charge in [0.15, 0.2) is 0 Å². The van der Waals surface area contributed by atoms with Crippen LogP contribution in [0.5, 0.6) is 0 Å². The highest BCUT2D eigenvalue weighted by atomic mass is 35.5. The van der Waals surface area contributed by atoms with Crippen LogP contribution in [0, 0.1) is 11.3 Å². The Morgan fingerprint density at radius 1 is 1.27 bits per heavy atom. The molecule has 2 aliphatic heterocycles. The van der Waals surface area contributed by atoms with E-state index in [9.17, 15) is 19.5 Å². The molecule has 0 spiro atoms. The van der Waals surface area contributed by atoms with E-state index in [4.69, 9.17) is 16.3 Å². The molecule has 1 unspecified atom stereocenters. The van der Waals surface area contributed by atoms with Crippen LogP contribution in [0.15, 0.2) is 24.3 Å². The molecule has 2 N–H and O–H groups in total. The van der Waals surface area contributed by atoms with Crippen LogP contribution in [-0.4, -0.2) is 49.2 Å². The van der Waals surface area contributed by atoms with Gasteiger partial charge in [0.25, 0.3) is 0 Å². The topological polar surface area (TPSA) is 95.9 Å². The molecule has 0 bridgehead atoms. The van der Waals surface area contributed by atoms with Crippen molar-refractivity contribution in [3.8, 4) is 0 Å². The van der Waals surface area contributed by atoms with Crippen LogP contribution in [0.25, 0.3) is 0 Å². The minimum Gasteiger partial charge on any atom is -0.481 e. The Bertz CT molecular complexity index is 700. The average Bonchev–Trinajstić information content (AvgIpc) is 3.03. The van der Waals surface area contributed by atoms with Crippen LogP contribution in [0.3, 0.4) is 0 Å². The molecule has 2 heterocycles. The average molecular weight is 381 g/mol. The number of benzene rings is 1. The highest BCUT2D eigenvalue weighted by molar-refractivity contribution is 6.30. The van der Waals surface area contributed by atoms with E-state index in [1.807, 2.05) is 0 Å². The Labute approximate surface area is 156 Å². The summed E-state index contributed by atoms with van der Waals surface area (Å²) in [4.78, 5) is 38.0. The quantitative estimate of drug-likeness (QED) is 0.810. The van der Waals surface area contributed by atoms with Crippen LogP contribution in [0.4, 0.5) is 5.69 Å². The van der Waals surface area contributed by atoms with Gasteiger partial charge < -0.3 is 20.1 Å². The van der Waals surface area contributed by atoms with Gasteiger partial charge in [-0.3, -0.25) is 14.4 Å². The molecule has 0 aromatic heterocycles. The van der Waals surface area contributed by atoms with Gasteiger partial charge in [-0.25, -0.2) is 0 Å². The second-order valence-corrected chi connectivity index (χ2v) is 7.23. The summed E-state index contributed by atoms with van der Waals surface area (Å²) < 4.78 is 5.23. The molecular formula is C18H21ClN2O5. The van der Waals surface area contributed by atoms with E-state index in [-0.39, 0.29) is 31.3 Å². The Hall–Kier alpha value is -2.12. The van der Waals surface area contributed by atoms with Gasteiger partial charge in [-0.15, -0.1) is 0 Å². The SMILES string of the molecule is O=C(NCC1(C(=O)O)CCOCC1)C1CC(=O)N(c2ccc(Cl)cc2)C1. The van der Waals surface area contributed by atoms with Crippen LogP contribution >= 0.6 is 11.6 Å². The molecule has 2 aliphatic rings. The fourth-order valence-electron chi connectivity index (χ4n) is 3.38. The van der Waals surface area contributed by atoms with Gasteiger partial charge in [0.05, 0.1) is 11.3 Å². The molecule has 0 saturated carbocycles. The number of nitrogens with zero attached hydrogens (tertiary/aromatic N) is 1. The van der Waals surface area contributed by atoms with Gasteiger partial charge in [0, 0.05) is 43.4 Å². The van der Waals surface area contributed by atoms with E-state index < -0.39 is 17.3 Å². The molecule has 0 radical (unpaired) electrons. The highest BCUT2D eigenvalue weighted by Gasteiger charge is 2.42. The summed E-state index contributed by atoms with van der Waals surface area (Å²) in [5.74, 6) is -1.84. The lowest BCUT2D eigenvalue weighted by molar-refractivity contribution is -0.154. The Morgan fingerprint density at radius 2 is 1.92 bits per heavy atom. The number of carbonyl (C=O) groups is 3. The predicted molar refractivity (Wildman–Crippen MR) is 95.0 cm³/mol. The third-order valence-electron chi connectivity index (χ3n) is 5.14. The maximum atomic E-state index is 12.5. The molecule has 8 heteroatoms. The molecule has 140 valence electrons. The monoisotopic (exact) mass is 380 g/mol. The summed E-state index contributed by atoms with van der Waals surface area (Å²) in [7, 11) is 0. The number of anilines is 1. The van der Waals surface area contributed by atoms with Crippen molar-refractivity contribution in [2.75, 3.05) is 31.2 Å². The highest BCUT2D eigenvalue weighted by Crippen LogP contribution is 2.31. The van der Waals surface area contributed by atoms with Crippen molar-refractivity contribution < 1.29 is 24.2 Å². The summed E-state index contributed by atoms with van der Waals surface area (Å²) >= 11 is 5.86. The van der Waals surface area contributed by atoms with E-state index in [2.05, 4.69) is 5.32 Å². The molecule has 1 atom stereocenters. The second kappa shape index (κ2) is 7.63. The number of ether oxygens (including phenoxy) is 1. The first-order valence-corrected chi connectivity index (χ1v) is 8.94. The molecule has 1 aromatic carbocycles. The van der Waals surface area contributed by atoms with Gasteiger partial charge in [-0.05, 0) is 37.1 Å². The lowest BCUT2D eigenvalue weighted by Gasteiger charge is -2.33. The summed E-state index contributed by atoms with van der Waals surface area (Å²) in [6, 6.07) is 6.86. The number of carbonyl (C=O) groups excluding carboxylic acids is 2. The number of carboxylic acid groups (broad SMARTS) is 1. The maximum absolute atomic E-state index is 12.5. The Kier molecular flexibility index (Phi) is 5.48. The third kappa shape index (κ3) is 3.83. The van der Waals surface area contributed by atoms with Gasteiger partial charge in [0.1, 0.15) is 0 Å². The van der Waals surface area contributed by atoms with Crippen LogP contribution in [0.1, 0.15) is 19.3 Å². The number of halogens is 1. The van der Waals surface area contributed by atoms with Crippen molar-refractivity contribution >= 4 is 35.1 Å². The zero-order valence-corrected chi connectivity index (χ0v) is 15.0. The predicted octanol–water partition coefficient (Wildman–Crippen LogP) is 1.69. The number of rotatable bonds is 5. The number of nitrogens with one attached hydrogen (secondary N) is 1. The summed E-state index contributed by atoms with van der Waals surface area (Å²) in [6.45, 7) is 1.06. The van der Waals surface area contributed by atoms with E-state index in [0.29, 0.717) is 36.8 Å². The van der Waals surface area contributed by atoms with Crippen molar-refractivity contribution in [2.45, 2.75) is 19.3 Å². The number of hydrogen-bond acceptors (Lipinski definition) is 4. The number of aliphatic carboxylic acids is 1. The van der Waals surface area contributed by atoms with Crippen molar-refractivity contribution in [3.05, 3.63) is 29.3 Å². The lowest BCUT2D eigenvalue weighted by atomic mass is 9.80. The summed E-state index contributed by atoms with van der Waals surface area (Å²) in [6.07, 6.45) is 0.837. The van der Waals surface area contributed by atoms with E-state index in [1.54, 1.807) is 29.2 Å². The van der Waals surface area contributed by atoms with Gasteiger partial charge in [-0.1, -0.05) is 11.6 Å². The zero-order chi connectivity index (χ0) is 18.7. The van der Waals surface area contributed by atoms with Crippen molar-refractivity contribution in [1.29, 1.82) is 0 Å². The van der Waals surface area contributed by atoms with Crippen molar-refractivity contribution in [1.82, 2.24) is 5.32 Å². The molecule has 26 heavy (non-hydrogen) atoms. The van der Waals surface area contributed by atoms with Gasteiger partial charge >= 0.3 is 5.97 Å². The molecule has 2 saturated heterocycles. The molecule has 2 amide bonds. The Balaban J connectivity index is 1.61. The van der Waals surface area contributed by atoms with E-state index in [1.165, 1.54) is 0 Å². The number of amides is 2. The molecule has 3 rings (SSSR count). The fraction of sp³-hybridized carbons (Fsp3) is 0.500. The molecule has 1 aromatic rings. The van der Waals surface area contributed by atoms with E-state index in [0.717, 1.165) is 0 Å². The van der Waals surface area contributed by atoms with Crippen LogP contribution < -0.4 is 10.2 Å². The largest absolute Gasteiger partial charge is 0.481 e. The van der Waals surface area contributed by atoms with Crippen molar-refractivity contribution in [2.24, 2.45) is 11.3 Å². The first-order chi connectivity index (χ1) is 12.4. The molecule has 7 nitrogen and oxygen atoms in total. The molecular weight excluding hydrogens is 360 g/mol. The zero-order valence-electron chi connectivity index (χ0n) is 14.2. The van der Waals surface area contributed by atoms with Crippen LogP contribution in [0.2, 0.25) is 5.02 Å². The normalized spacial score (nSPS) is 22.3. The smallest absolute Gasteiger partial charge is 0.311 e. The maximum Gasteiger partial charge on any atom is 0.311 e. The first-order valence-electron chi connectivity index (χ1n) is 8.56. The standard InChI is InChI=1S/C18H21ClN2O5/c19-13-1-3-14(4-2-13)21-10-12(9-15(21)22)16(23)20-11-18(17(24)25)5-7-26-8-6-18/h1-4,12H,5-11H2,(H,20,23)(H,24,25). The minimum absolute atomic E-state index is 0.0517. The van der Waals surface area contributed by atoms with Crippen LogP contribution in [-0.2, 0) is 19.1 Å². The second-order valence-electron chi connectivity index (χ2n) is 6.80. The van der Waals surface area contributed by atoms with Gasteiger partial charge in [-0.2, -0.15) is 0 Å². The molecule has 2 fully saturated rings. The fourth-order valence-corrected chi connectivity index (χ4v) is 3.51. The third-order valence-corrected chi connectivity index (χ3v) is 5.39. The summed E-state index contributed by atoms with van der Waals surface area (Å²) in [5.41, 5.74) is -0.298. The minimum atomic E-state index is -0.994. The van der Waals surface area contributed by atoms with Crippen molar-refractivity contribution in [3.63, 3.8) is 0 Å².